The van der Waals surface area contributed by atoms with Gasteiger partial charge >= 0.3 is 6.03 Å². The fourth-order valence-electron chi connectivity index (χ4n) is 3.74. The summed E-state index contributed by atoms with van der Waals surface area (Å²) in [7, 11) is -2.86. The van der Waals surface area contributed by atoms with Crippen molar-refractivity contribution in [1.29, 1.82) is 0 Å². The molecule has 6 nitrogen and oxygen atoms in total. The summed E-state index contributed by atoms with van der Waals surface area (Å²) in [5.41, 5.74) is 3.13. The van der Waals surface area contributed by atoms with E-state index in [1.807, 2.05) is 30.0 Å². The molecule has 0 aliphatic carbocycles. The third-order valence-corrected chi connectivity index (χ3v) is 7.05. The molecule has 0 radical (unpaired) electrons. The van der Waals surface area contributed by atoms with Crippen LogP contribution in [0.15, 0.2) is 18.2 Å². The summed E-state index contributed by atoms with van der Waals surface area (Å²) in [6, 6.07) is 6.12. The fourth-order valence-corrected chi connectivity index (χ4v) is 5.50. The van der Waals surface area contributed by atoms with E-state index in [-0.39, 0.29) is 17.8 Å². The maximum atomic E-state index is 12.6. The van der Waals surface area contributed by atoms with Crippen LogP contribution >= 0.6 is 0 Å². The number of para-hydroxylation sites is 1. The number of amides is 2. The van der Waals surface area contributed by atoms with Crippen molar-refractivity contribution in [2.24, 2.45) is 0 Å². The van der Waals surface area contributed by atoms with E-state index in [0.29, 0.717) is 18.8 Å². The van der Waals surface area contributed by atoms with Crippen molar-refractivity contribution in [3.8, 4) is 0 Å². The monoisotopic (exact) mass is 365 g/mol. The zero-order valence-electron chi connectivity index (χ0n) is 15.0. The predicted octanol–water partition coefficient (Wildman–Crippen LogP) is 1.89. The minimum absolute atomic E-state index is 0.0670. The van der Waals surface area contributed by atoms with Crippen molar-refractivity contribution in [2.45, 2.75) is 32.7 Å². The Hall–Kier alpha value is -1.60. The molecule has 2 saturated heterocycles. The third-order valence-electron chi connectivity index (χ3n) is 5.30. The standard InChI is InChI=1S/C18H27N3O3S/c1-3-15-6-4-5-14(2)17(15)19-18(22)21-10-8-20(9-11-21)16-7-12-25(23,24)13-16/h4-6,16H,3,7-13H2,1-2H3,(H,19,22). The number of carbonyl (C=O) groups is 1. The van der Waals surface area contributed by atoms with Crippen molar-refractivity contribution in [3.05, 3.63) is 29.3 Å². The molecule has 138 valence electrons. The molecule has 2 heterocycles. The minimum atomic E-state index is -2.86. The Morgan fingerprint density at radius 1 is 1.24 bits per heavy atom. The summed E-state index contributed by atoms with van der Waals surface area (Å²) in [5, 5.41) is 3.07. The van der Waals surface area contributed by atoms with Crippen LogP contribution in [0.3, 0.4) is 0 Å². The lowest BCUT2D eigenvalue weighted by Gasteiger charge is -2.37. The number of hydrogen-bond acceptors (Lipinski definition) is 4. The first kappa shape index (κ1) is 18.2. The summed E-state index contributed by atoms with van der Waals surface area (Å²) < 4.78 is 23.3. The van der Waals surface area contributed by atoms with E-state index in [4.69, 9.17) is 0 Å². The van der Waals surface area contributed by atoms with E-state index in [2.05, 4.69) is 17.1 Å². The molecular weight excluding hydrogens is 338 g/mol. The maximum Gasteiger partial charge on any atom is 0.321 e. The number of sulfone groups is 1. The number of nitrogens with zero attached hydrogens (tertiary/aromatic N) is 2. The van der Waals surface area contributed by atoms with Gasteiger partial charge in [-0.15, -0.1) is 0 Å². The molecule has 1 aromatic carbocycles. The zero-order valence-corrected chi connectivity index (χ0v) is 15.8. The predicted molar refractivity (Wildman–Crippen MR) is 99.8 cm³/mol. The van der Waals surface area contributed by atoms with Gasteiger partial charge in [-0.3, -0.25) is 4.90 Å². The molecule has 2 amide bonds. The first-order valence-electron chi connectivity index (χ1n) is 8.98. The topological polar surface area (TPSA) is 69.7 Å². The lowest BCUT2D eigenvalue weighted by molar-refractivity contribution is 0.121. The van der Waals surface area contributed by atoms with Gasteiger partial charge in [-0.05, 0) is 30.9 Å². The van der Waals surface area contributed by atoms with E-state index in [1.165, 1.54) is 0 Å². The van der Waals surface area contributed by atoms with Crippen LogP contribution in [-0.2, 0) is 16.3 Å². The van der Waals surface area contributed by atoms with Gasteiger partial charge in [0.05, 0.1) is 11.5 Å². The molecule has 0 bridgehead atoms. The van der Waals surface area contributed by atoms with Crippen LogP contribution in [0.4, 0.5) is 10.5 Å². The summed E-state index contributed by atoms with van der Waals surface area (Å²) in [6.07, 6.45) is 1.60. The minimum Gasteiger partial charge on any atom is -0.322 e. The van der Waals surface area contributed by atoms with Gasteiger partial charge in [0, 0.05) is 37.9 Å². The molecule has 25 heavy (non-hydrogen) atoms. The van der Waals surface area contributed by atoms with Crippen LogP contribution in [0.2, 0.25) is 0 Å². The average molecular weight is 365 g/mol. The van der Waals surface area contributed by atoms with Gasteiger partial charge in [0.2, 0.25) is 0 Å². The normalized spacial score (nSPS) is 23.6. The van der Waals surface area contributed by atoms with E-state index >= 15 is 0 Å². The Balaban J connectivity index is 1.57. The summed E-state index contributed by atoms with van der Waals surface area (Å²) >= 11 is 0. The second-order valence-electron chi connectivity index (χ2n) is 6.97. The first-order chi connectivity index (χ1) is 11.9. The number of carbonyl (C=O) groups excluding carboxylic acids is 1. The molecule has 7 heteroatoms. The number of piperazine rings is 1. The van der Waals surface area contributed by atoms with Crippen LogP contribution in [0.1, 0.15) is 24.5 Å². The Labute approximate surface area is 150 Å². The van der Waals surface area contributed by atoms with E-state index in [9.17, 15) is 13.2 Å². The molecule has 1 aromatic rings. The third kappa shape index (κ3) is 4.15. The number of urea groups is 1. The molecule has 2 aliphatic heterocycles. The van der Waals surface area contributed by atoms with Gasteiger partial charge in [-0.25, -0.2) is 13.2 Å². The molecule has 1 unspecified atom stereocenters. The van der Waals surface area contributed by atoms with E-state index in [0.717, 1.165) is 42.7 Å². The van der Waals surface area contributed by atoms with Crippen LogP contribution in [0.5, 0.6) is 0 Å². The second-order valence-corrected chi connectivity index (χ2v) is 9.20. The number of aryl methyl sites for hydroxylation is 2. The quantitative estimate of drug-likeness (QED) is 0.888. The molecule has 1 atom stereocenters. The molecule has 0 spiro atoms. The highest BCUT2D eigenvalue weighted by Gasteiger charge is 2.34. The largest absolute Gasteiger partial charge is 0.322 e. The number of nitrogens with one attached hydrogen (secondary N) is 1. The van der Waals surface area contributed by atoms with Crippen molar-refractivity contribution < 1.29 is 13.2 Å². The van der Waals surface area contributed by atoms with Gasteiger partial charge in [0.1, 0.15) is 0 Å². The van der Waals surface area contributed by atoms with Crippen LogP contribution in [-0.4, -0.2) is 68.0 Å². The second kappa shape index (κ2) is 7.33. The van der Waals surface area contributed by atoms with E-state index in [1.54, 1.807) is 0 Å². The summed E-state index contributed by atoms with van der Waals surface area (Å²) in [5.74, 6) is 0.563. The fraction of sp³-hybridized carbons (Fsp3) is 0.611. The SMILES string of the molecule is CCc1cccc(C)c1NC(=O)N1CCN(C2CCS(=O)(=O)C2)CC1. The van der Waals surface area contributed by atoms with Crippen molar-refractivity contribution >= 4 is 21.6 Å². The number of rotatable bonds is 3. The summed E-state index contributed by atoms with van der Waals surface area (Å²) in [4.78, 5) is 16.7. The van der Waals surface area contributed by atoms with Crippen molar-refractivity contribution in [2.75, 3.05) is 43.0 Å². The van der Waals surface area contributed by atoms with E-state index < -0.39 is 9.84 Å². The van der Waals surface area contributed by atoms with Gasteiger partial charge < -0.3 is 10.2 Å². The van der Waals surface area contributed by atoms with Gasteiger partial charge in [-0.2, -0.15) is 0 Å². The summed E-state index contributed by atoms with van der Waals surface area (Å²) in [6.45, 7) is 6.83. The van der Waals surface area contributed by atoms with Crippen LogP contribution in [0, 0.1) is 6.92 Å². The molecular formula is C18H27N3O3S. The van der Waals surface area contributed by atoms with Crippen molar-refractivity contribution in [3.63, 3.8) is 0 Å². The Morgan fingerprint density at radius 2 is 1.96 bits per heavy atom. The lowest BCUT2D eigenvalue weighted by Crippen LogP contribution is -2.53. The van der Waals surface area contributed by atoms with Crippen molar-refractivity contribution in [1.82, 2.24) is 9.80 Å². The highest BCUT2D eigenvalue weighted by Crippen LogP contribution is 2.23. The molecule has 2 aliphatic rings. The molecule has 1 N–H and O–H groups in total. The average Bonchev–Trinajstić information content (AvgIpc) is 2.96. The van der Waals surface area contributed by atoms with Crippen LogP contribution < -0.4 is 5.32 Å². The lowest BCUT2D eigenvalue weighted by atomic mass is 10.1. The molecule has 0 saturated carbocycles. The van der Waals surface area contributed by atoms with Gasteiger partial charge in [0.15, 0.2) is 9.84 Å². The Bertz CT molecular complexity index is 740. The smallest absolute Gasteiger partial charge is 0.321 e. The highest BCUT2D eigenvalue weighted by atomic mass is 32.2. The van der Waals surface area contributed by atoms with Gasteiger partial charge in [-0.1, -0.05) is 25.1 Å². The molecule has 3 rings (SSSR count). The Kier molecular flexibility index (Phi) is 5.34. The number of anilines is 1. The number of benzene rings is 1. The highest BCUT2D eigenvalue weighted by molar-refractivity contribution is 7.91. The molecule has 0 aromatic heterocycles. The number of hydrogen-bond donors (Lipinski definition) is 1. The first-order valence-corrected chi connectivity index (χ1v) is 10.8. The molecule has 2 fully saturated rings. The Morgan fingerprint density at radius 3 is 2.56 bits per heavy atom. The zero-order chi connectivity index (χ0) is 18.0. The maximum absolute atomic E-state index is 12.6. The van der Waals surface area contributed by atoms with Gasteiger partial charge in [0.25, 0.3) is 0 Å². The van der Waals surface area contributed by atoms with Crippen LogP contribution in [0.25, 0.3) is 0 Å².